The Hall–Kier alpha value is -1.55. The predicted molar refractivity (Wildman–Crippen MR) is 96.1 cm³/mol. The van der Waals surface area contributed by atoms with Crippen LogP contribution in [-0.4, -0.2) is 45.7 Å². The first-order valence-electron chi connectivity index (χ1n) is 9.04. The number of nitrogens with zero attached hydrogens (tertiary/aromatic N) is 2. The van der Waals surface area contributed by atoms with Crippen LogP contribution in [0.4, 0.5) is 4.79 Å². The van der Waals surface area contributed by atoms with Crippen molar-refractivity contribution in [2.24, 2.45) is 5.92 Å². The summed E-state index contributed by atoms with van der Waals surface area (Å²) in [5.74, 6) is 0.779. The van der Waals surface area contributed by atoms with Gasteiger partial charge in [0, 0.05) is 17.6 Å². The molecule has 1 aromatic carbocycles. The normalized spacial score (nSPS) is 28.6. The van der Waals surface area contributed by atoms with Crippen molar-refractivity contribution < 1.29 is 9.90 Å². The van der Waals surface area contributed by atoms with E-state index in [1.165, 1.54) is 12.8 Å². The molecule has 1 aromatic rings. The summed E-state index contributed by atoms with van der Waals surface area (Å²) >= 11 is 0. The van der Waals surface area contributed by atoms with Gasteiger partial charge in [0.2, 0.25) is 0 Å². The quantitative estimate of drug-likeness (QED) is 0.894. The summed E-state index contributed by atoms with van der Waals surface area (Å²) in [6.45, 7) is 7.09. The second-order valence-corrected chi connectivity index (χ2v) is 8.56. The van der Waals surface area contributed by atoms with Crippen molar-refractivity contribution in [3.63, 3.8) is 0 Å². The fourth-order valence-electron chi connectivity index (χ4n) is 4.91. The second kappa shape index (κ2) is 6.07. The zero-order valence-corrected chi connectivity index (χ0v) is 15.3. The Bertz CT molecular complexity index is 585. The standard InChI is InChI=1S/C20H30N2O2/c1-19(2,3)22(18(23)24)17(16-8-6-5-7-9-16)20-12-10-15(11-13-20)14-21(20)4/h5-9,15,17H,10-14H2,1-4H3,(H,23,24)/t15?,17-,20?/m1/s1. The highest BCUT2D eigenvalue weighted by atomic mass is 16.4. The molecule has 0 spiro atoms. The van der Waals surface area contributed by atoms with Gasteiger partial charge in [-0.1, -0.05) is 30.3 Å². The highest BCUT2D eigenvalue weighted by molar-refractivity contribution is 5.67. The molecule has 0 unspecified atom stereocenters. The first-order valence-corrected chi connectivity index (χ1v) is 9.04. The number of piperidine rings is 2. The maximum absolute atomic E-state index is 12.3. The average Bonchev–Trinajstić information content (AvgIpc) is 2.53. The lowest BCUT2D eigenvalue weighted by atomic mass is 9.65. The molecule has 24 heavy (non-hydrogen) atoms. The number of carboxylic acid groups (broad SMARTS) is 1. The molecule has 0 radical (unpaired) electrons. The van der Waals surface area contributed by atoms with Crippen LogP contribution >= 0.6 is 0 Å². The van der Waals surface area contributed by atoms with E-state index in [0.29, 0.717) is 0 Å². The number of hydrogen-bond donors (Lipinski definition) is 1. The molecule has 2 aliphatic heterocycles. The van der Waals surface area contributed by atoms with Gasteiger partial charge < -0.3 is 5.11 Å². The number of rotatable bonds is 3. The fourth-order valence-corrected chi connectivity index (χ4v) is 4.91. The van der Waals surface area contributed by atoms with Crippen LogP contribution < -0.4 is 0 Å². The molecule has 1 amide bonds. The number of fused-ring (bicyclic) bond motifs is 3. The van der Waals surface area contributed by atoms with Gasteiger partial charge in [0.05, 0.1) is 6.04 Å². The molecule has 132 valence electrons. The molecule has 1 atom stereocenters. The summed E-state index contributed by atoms with van der Waals surface area (Å²) in [6, 6.07) is 10.1. The summed E-state index contributed by atoms with van der Waals surface area (Å²) in [5, 5.41) is 10.1. The third-order valence-electron chi connectivity index (χ3n) is 6.07. The fraction of sp³-hybridized carbons (Fsp3) is 0.650. The maximum atomic E-state index is 12.3. The van der Waals surface area contributed by atoms with Crippen LogP contribution in [0.1, 0.15) is 58.1 Å². The lowest BCUT2D eigenvalue weighted by molar-refractivity contribution is -0.0867. The highest BCUT2D eigenvalue weighted by Crippen LogP contribution is 2.52. The van der Waals surface area contributed by atoms with Gasteiger partial charge in [-0.3, -0.25) is 9.80 Å². The Morgan fingerprint density at radius 2 is 1.83 bits per heavy atom. The monoisotopic (exact) mass is 330 g/mol. The van der Waals surface area contributed by atoms with Gasteiger partial charge in [-0.15, -0.1) is 0 Å². The molecule has 3 fully saturated rings. The van der Waals surface area contributed by atoms with E-state index in [1.54, 1.807) is 4.90 Å². The van der Waals surface area contributed by atoms with Crippen molar-refractivity contribution in [1.29, 1.82) is 0 Å². The first kappa shape index (κ1) is 17.3. The van der Waals surface area contributed by atoms with Gasteiger partial charge in [0.1, 0.15) is 0 Å². The third-order valence-corrected chi connectivity index (χ3v) is 6.07. The van der Waals surface area contributed by atoms with Crippen molar-refractivity contribution in [3.8, 4) is 0 Å². The van der Waals surface area contributed by atoms with Crippen LogP contribution in [0.2, 0.25) is 0 Å². The van der Waals surface area contributed by atoms with Gasteiger partial charge in [-0.05, 0) is 65.0 Å². The number of likely N-dealkylation sites (N-methyl/N-ethyl adjacent to an activating group) is 1. The van der Waals surface area contributed by atoms with Crippen LogP contribution in [-0.2, 0) is 0 Å². The predicted octanol–water partition coefficient (Wildman–Crippen LogP) is 4.38. The maximum Gasteiger partial charge on any atom is 0.408 e. The zero-order chi connectivity index (χ0) is 17.5. The van der Waals surface area contributed by atoms with Crippen LogP contribution in [0, 0.1) is 5.92 Å². The van der Waals surface area contributed by atoms with Crippen molar-refractivity contribution in [1.82, 2.24) is 9.80 Å². The van der Waals surface area contributed by atoms with Gasteiger partial charge in [-0.2, -0.15) is 0 Å². The van der Waals surface area contributed by atoms with Crippen LogP contribution in [0.15, 0.2) is 30.3 Å². The van der Waals surface area contributed by atoms with Gasteiger partial charge >= 0.3 is 6.09 Å². The van der Waals surface area contributed by atoms with E-state index in [4.69, 9.17) is 0 Å². The third kappa shape index (κ3) is 2.81. The van der Waals surface area contributed by atoms with E-state index in [-0.39, 0.29) is 11.6 Å². The summed E-state index contributed by atoms with van der Waals surface area (Å²) in [5.41, 5.74) is 0.569. The van der Waals surface area contributed by atoms with Crippen molar-refractivity contribution in [3.05, 3.63) is 35.9 Å². The molecule has 4 heteroatoms. The summed E-state index contributed by atoms with van der Waals surface area (Å²) in [6.07, 6.45) is 3.75. The molecule has 3 aliphatic rings. The lowest BCUT2D eigenvalue weighted by Crippen LogP contribution is -2.65. The Morgan fingerprint density at radius 1 is 1.25 bits per heavy atom. The highest BCUT2D eigenvalue weighted by Gasteiger charge is 2.54. The molecule has 1 saturated carbocycles. The lowest BCUT2D eigenvalue weighted by Gasteiger charge is -2.60. The van der Waals surface area contributed by atoms with Gasteiger partial charge in [-0.25, -0.2) is 4.79 Å². The van der Waals surface area contributed by atoms with E-state index in [0.717, 1.165) is 30.9 Å². The summed E-state index contributed by atoms with van der Waals surface area (Å²) < 4.78 is 0. The number of hydrogen-bond acceptors (Lipinski definition) is 2. The topological polar surface area (TPSA) is 43.8 Å². The van der Waals surface area contributed by atoms with E-state index in [9.17, 15) is 9.90 Å². The average molecular weight is 330 g/mol. The molecular weight excluding hydrogens is 300 g/mol. The van der Waals surface area contributed by atoms with E-state index in [2.05, 4.69) is 24.1 Å². The minimum atomic E-state index is -0.827. The minimum absolute atomic E-state index is 0.0955. The van der Waals surface area contributed by atoms with Gasteiger partial charge in [0.25, 0.3) is 0 Å². The minimum Gasteiger partial charge on any atom is -0.465 e. The Balaban J connectivity index is 2.14. The van der Waals surface area contributed by atoms with Crippen molar-refractivity contribution >= 4 is 6.09 Å². The number of carbonyl (C=O) groups is 1. The smallest absolute Gasteiger partial charge is 0.408 e. The Labute approximate surface area is 145 Å². The zero-order valence-electron chi connectivity index (χ0n) is 15.3. The van der Waals surface area contributed by atoms with Crippen LogP contribution in [0.5, 0.6) is 0 Å². The SMILES string of the molecule is CN1CC2CCC1([C@@H](c1ccccc1)N(C(=O)O)C(C)(C)C)CC2. The largest absolute Gasteiger partial charge is 0.465 e. The van der Waals surface area contributed by atoms with E-state index in [1.807, 2.05) is 39.0 Å². The van der Waals surface area contributed by atoms with Crippen LogP contribution in [0.25, 0.3) is 0 Å². The summed E-state index contributed by atoms with van der Waals surface area (Å²) in [4.78, 5) is 16.4. The van der Waals surface area contributed by atoms with Crippen LogP contribution in [0.3, 0.4) is 0 Å². The van der Waals surface area contributed by atoms with E-state index >= 15 is 0 Å². The molecule has 2 saturated heterocycles. The molecular formula is C20H30N2O2. The summed E-state index contributed by atoms with van der Waals surface area (Å²) in [7, 11) is 2.18. The Morgan fingerprint density at radius 3 is 2.29 bits per heavy atom. The molecule has 1 aliphatic carbocycles. The second-order valence-electron chi connectivity index (χ2n) is 8.56. The Kier molecular flexibility index (Phi) is 4.37. The molecule has 4 rings (SSSR count). The molecule has 2 heterocycles. The number of amides is 1. The molecule has 4 nitrogen and oxygen atoms in total. The van der Waals surface area contributed by atoms with Gasteiger partial charge in [0.15, 0.2) is 0 Å². The van der Waals surface area contributed by atoms with E-state index < -0.39 is 11.6 Å². The molecule has 0 aromatic heterocycles. The van der Waals surface area contributed by atoms with Crippen molar-refractivity contribution in [2.45, 2.75) is 63.6 Å². The first-order chi connectivity index (χ1) is 11.3. The molecule has 2 bridgehead atoms. The molecule has 1 N–H and O–H groups in total. The van der Waals surface area contributed by atoms with Crippen molar-refractivity contribution in [2.75, 3.05) is 13.6 Å². The number of benzene rings is 1.